The summed E-state index contributed by atoms with van der Waals surface area (Å²) >= 11 is 0. The molecule has 0 saturated heterocycles. The lowest BCUT2D eigenvalue weighted by molar-refractivity contribution is -0.308. The maximum absolute atomic E-state index is 10.8. The number of carboxylic acid groups (broad SMARTS) is 1. The van der Waals surface area contributed by atoms with E-state index in [4.69, 9.17) is 5.73 Å². The molecule has 0 bridgehead atoms. The number of primary amides is 1. The smallest absolute Gasteiger partial charge is 0.407 e. The molecular weight excluding hydrogens is 192 g/mol. The van der Waals surface area contributed by atoms with Gasteiger partial charge in [-0.1, -0.05) is 0 Å². The molecule has 0 aromatic carbocycles. The van der Waals surface area contributed by atoms with Crippen molar-refractivity contribution in [1.82, 2.24) is 5.32 Å². The highest BCUT2D eigenvalue weighted by Gasteiger charge is 2.16. The van der Waals surface area contributed by atoms with E-state index in [9.17, 15) is 19.5 Å². The van der Waals surface area contributed by atoms with Gasteiger partial charge in [0.15, 0.2) is 0 Å². The van der Waals surface area contributed by atoms with Crippen molar-refractivity contribution >= 4 is 18.0 Å². The van der Waals surface area contributed by atoms with Gasteiger partial charge in [0.2, 0.25) is 5.91 Å². The van der Waals surface area contributed by atoms with Crippen molar-refractivity contribution in [2.45, 2.75) is 19.4 Å². The fourth-order valence-electron chi connectivity index (χ4n) is 0.709. The molecule has 1 atom stereocenters. The summed E-state index contributed by atoms with van der Waals surface area (Å²) in [4.78, 5) is 31.5. The zero-order chi connectivity index (χ0) is 11.1. The summed E-state index contributed by atoms with van der Waals surface area (Å²) in [7, 11) is 0. The fraction of sp³-hybridized carbons (Fsp3) is 0.571. The van der Waals surface area contributed by atoms with Gasteiger partial charge in [-0.15, -0.1) is 0 Å². The van der Waals surface area contributed by atoms with Crippen molar-refractivity contribution in [3.05, 3.63) is 0 Å². The molecule has 0 aromatic heterocycles. The molecule has 7 nitrogen and oxygen atoms in total. The number of carbonyl (C=O) groups excluding carboxylic acids is 3. The summed E-state index contributed by atoms with van der Waals surface area (Å²) in [6.45, 7) is 1.66. The zero-order valence-corrected chi connectivity index (χ0v) is 7.61. The average Bonchev–Trinajstić information content (AvgIpc) is 2.02. The molecule has 7 heteroatoms. The van der Waals surface area contributed by atoms with Gasteiger partial charge in [0.1, 0.15) is 0 Å². The lowest BCUT2D eigenvalue weighted by atomic mass is 10.2. The second kappa shape index (κ2) is 5.79. The van der Waals surface area contributed by atoms with Crippen LogP contribution in [0.5, 0.6) is 0 Å². The molecule has 0 fully saturated rings. The number of nitrogens with one attached hydrogen (secondary N) is 1. The lowest BCUT2D eigenvalue weighted by Gasteiger charge is -2.17. The van der Waals surface area contributed by atoms with E-state index < -0.39 is 30.4 Å². The molecule has 0 aromatic rings. The van der Waals surface area contributed by atoms with Crippen LogP contribution in [0, 0.1) is 0 Å². The summed E-state index contributed by atoms with van der Waals surface area (Å²) in [5.41, 5.74) is 4.76. The number of carboxylic acids is 1. The van der Waals surface area contributed by atoms with Crippen LogP contribution in [0.15, 0.2) is 0 Å². The first-order chi connectivity index (χ1) is 6.47. The zero-order valence-electron chi connectivity index (χ0n) is 7.61. The molecule has 0 saturated carbocycles. The normalized spacial score (nSPS) is 11.5. The van der Waals surface area contributed by atoms with E-state index in [1.165, 1.54) is 0 Å². The fourth-order valence-corrected chi connectivity index (χ4v) is 0.709. The second-order valence-corrected chi connectivity index (χ2v) is 2.41. The molecule has 2 amide bonds. The van der Waals surface area contributed by atoms with Crippen LogP contribution >= 0.6 is 0 Å². The number of ether oxygens (including phenoxy) is 1. The van der Waals surface area contributed by atoms with Crippen LogP contribution in [0.3, 0.4) is 0 Å². The third kappa shape index (κ3) is 4.96. The van der Waals surface area contributed by atoms with Crippen molar-refractivity contribution in [1.29, 1.82) is 0 Å². The van der Waals surface area contributed by atoms with Crippen LogP contribution in [0.2, 0.25) is 0 Å². The Labute approximate surface area is 80.2 Å². The Morgan fingerprint density at radius 2 is 2.07 bits per heavy atom. The molecule has 3 N–H and O–H groups in total. The van der Waals surface area contributed by atoms with Crippen LogP contribution in [0.25, 0.3) is 0 Å². The van der Waals surface area contributed by atoms with Gasteiger partial charge in [0.05, 0.1) is 25.0 Å². The standard InChI is InChI=1S/C7H12N2O5/c1-2-14-7(13)9-4(6(11)12)3-5(8)10/h4H,2-3H2,1H3,(H2,8,10)(H,9,13)(H,11,12)/p-1/t4-/m0/s1. The quantitative estimate of drug-likeness (QED) is 0.521. The van der Waals surface area contributed by atoms with Gasteiger partial charge in [0.25, 0.3) is 0 Å². The Hall–Kier alpha value is -1.79. The van der Waals surface area contributed by atoms with Gasteiger partial charge in [-0.05, 0) is 6.92 Å². The highest BCUT2D eigenvalue weighted by molar-refractivity contribution is 5.85. The topological polar surface area (TPSA) is 122 Å². The first kappa shape index (κ1) is 12.2. The molecule has 0 spiro atoms. The molecule has 0 rings (SSSR count). The van der Waals surface area contributed by atoms with Gasteiger partial charge < -0.3 is 25.7 Å². The molecule has 0 heterocycles. The van der Waals surface area contributed by atoms with Crippen LogP contribution in [0.1, 0.15) is 13.3 Å². The Bertz CT molecular complexity index is 240. The van der Waals surface area contributed by atoms with Crippen LogP contribution < -0.4 is 16.2 Å². The van der Waals surface area contributed by atoms with Crippen molar-refractivity contribution in [3.8, 4) is 0 Å². The number of alkyl carbamates (subject to hydrolysis) is 1. The van der Waals surface area contributed by atoms with E-state index in [0.29, 0.717) is 0 Å². The number of rotatable bonds is 5. The number of hydrogen-bond acceptors (Lipinski definition) is 5. The summed E-state index contributed by atoms with van der Waals surface area (Å²) in [5, 5.41) is 12.3. The van der Waals surface area contributed by atoms with Gasteiger partial charge in [0, 0.05) is 0 Å². The summed E-state index contributed by atoms with van der Waals surface area (Å²) in [5.74, 6) is -2.44. The van der Waals surface area contributed by atoms with E-state index >= 15 is 0 Å². The minimum Gasteiger partial charge on any atom is -0.548 e. The number of hydrogen-bond donors (Lipinski definition) is 2. The minimum atomic E-state index is -1.59. The van der Waals surface area contributed by atoms with E-state index in [2.05, 4.69) is 4.74 Å². The highest BCUT2D eigenvalue weighted by Crippen LogP contribution is 1.91. The summed E-state index contributed by atoms with van der Waals surface area (Å²) in [6, 6.07) is -1.45. The maximum atomic E-state index is 10.8. The van der Waals surface area contributed by atoms with Crippen molar-refractivity contribution < 1.29 is 24.2 Å². The number of nitrogens with two attached hydrogens (primary N) is 1. The van der Waals surface area contributed by atoms with E-state index in [1.807, 2.05) is 5.32 Å². The van der Waals surface area contributed by atoms with Gasteiger partial charge in [-0.2, -0.15) is 0 Å². The van der Waals surface area contributed by atoms with Crippen LogP contribution in [-0.2, 0) is 14.3 Å². The predicted molar refractivity (Wildman–Crippen MR) is 42.8 cm³/mol. The van der Waals surface area contributed by atoms with Crippen LogP contribution in [-0.4, -0.2) is 30.6 Å². The highest BCUT2D eigenvalue weighted by atomic mass is 16.5. The van der Waals surface area contributed by atoms with Crippen molar-refractivity contribution in [3.63, 3.8) is 0 Å². The third-order valence-electron chi connectivity index (χ3n) is 1.26. The van der Waals surface area contributed by atoms with Crippen LogP contribution in [0.4, 0.5) is 4.79 Å². The van der Waals surface area contributed by atoms with E-state index in [-0.39, 0.29) is 6.61 Å². The Balaban J connectivity index is 4.16. The Morgan fingerprint density at radius 3 is 2.43 bits per heavy atom. The number of aliphatic carboxylic acids is 1. The molecule has 80 valence electrons. The SMILES string of the molecule is CCOC(=O)N[C@@H](CC(N)=O)C(=O)[O-]. The molecule has 0 aliphatic carbocycles. The summed E-state index contributed by atoms with van der Waals surface area (Å²) in [6.07, 6.45) is -1.45. The average molecular weight is 203 g/mol. The number of amides is 2. The Morgan fingerprint density at radius 1 is 1.50 bits per heavy atom. The molecule has 0 radical (unpaired) electrons. The van der Waals surface area contributed by atoms with Gasteiger partial charge >= 0.3 is 6.09 Å². The molecule has 0 aliphatic rings. The number of carbonyl (C=O) groups is 3. The molecule has 0 aliphatic heterocycles. The maximum Gasteiger partial charge on any atom is 0.407 e. The van der Waals surface area contributed by atoms with Gasteiger partial charge in [-0.25, -0.2) is 4.79 Å². The molecule has 14 heavy (non-hydrogen) atoms. The largest absolute Gasteiger partial charge is 0.548 e. The summed E-state index contributed by atoms with van der Waals surface area (Å²) < 4.78 is 4.41. The second-order valence-electron chi connectivity index (χ2n) is 2.41. The van der Waals surface area contributed by atoms with Crippen molar-refractivity contribution in [2.75, 3.05) is 6.61 Å². The first-order valence-corrected chi connectivity index (χ1v) is 3.89. The molecule has 0 unspecified atom stereocenters. The lowest BCUT2D eigenvalue weighted by Crippen LogP contribution is -2.49. The van der Waals surface area contributed by atoms with E-state index in [0.717, 1.165) is 0 Å². The monoisotopic (exact) mass is 203 g/mol. The van der Waals surface area contributed by atoms with Gasteiger partial charge in [-0.3, -0.25) is 4.79 Å². The minimum absolute atomic E-state index is 0.0994. The molecular formula is C7H11N2O5-. The predicted octanol–water partition coefficient (Wildman–Crippen LogP) is -2.27. The Kier molecular flexibility index (Phi) is 5.05. The van der Waals surface area contributed by atoms with E-state index in [1.54, 1.807) is 6.92 Å². The first-order valence-electron chi connectivity index (χ1n) is 3.89. The third-order valence-corrected chi connectivity index (χ3v) is 1.26. The van der Waals surface area contributed by atoms with Crippen molar-refractivity contribution in [2.24, 2.45) is 5.73 Å².